The minimum Gasteiger partial charge on any atom is -0.487 e. The summed E-state index contributed by atoms with van der Waals surface area (Å²) in [5.74, 6) is 1.33. The first-order chi connectivity index (χ1) is 17.0. The van der Waals surface area contributed by atoms with Gasteiger partial charge in [-0.05, 0) is 66.3 Å². The molecule has 0 aliphatic carbocycles. The van der Waals surface area contributed by atoms with Gasteiger partial charge in [0, 0.05) is 24.5 Å². The zero-order chi connectivity index (χ0) is 26.5. The van der Waals surface area contributed by atoms with Crippen molar-refractivity contribution in [2.45, 2.75) is 45.6 Å². The first-order valence-corrected chi connectivity index (χ1v) is 13.9. The number of benzene rings is 2. The highest BCUT2D eigenvalue weighted by Crippen LogP contribution is 2.35. The number of ether oxygens (including phenoxy) is 1. The Morgan fingerprint density at radius 1 is 1.14 bits per heavy atom. The Kier molecular flexibility index (Phi) is 8.59. The lowest BCUT2D eigenvalue weighted by Crippen LogP contribution is -2.27. The minimum atomic E-state index is -3.45. The van der Waals surface area contributed by atoms with E-state index in [0.29, 0.717) is 22.9 Å². The third kappa shape index (κ3) is 6.34. The molecule has 7 nitrogen and oxygen atoms in total. The fraction of sp³-hybridized carbons (Fsp3) is 0.370. The van der Waals surface area contributed by atoms with Crippen LogP contribution in [-0.4, -0.2) is 37.6 Å². The van der Waals surface area contributed by atoms with Crippen LogP contribution in [0.4, 0.5) is 5.95 Å². The van der Waals surface area contributed by atoms with E-state index in [0.717, 1.165) is 45.7 Å². The average molecular weight is 527 g/mol. The molecule has 190 valence electrons. The number of halogens is 1. The van der Waals surface area contributed by atoms with Crippen molar-refractivity contribution in [3.8, 4) is 11.8 Å². The Hall–Kier alpha value is -3.15. The summed E-state index contributed by atoms with van der Waals surface area (Å²) in [6.07, 6.45) is 4.24. The molecule has 2 aromatic carbocycles. The van der Waals surface area contributed by atoms with Crippen molar-refractivity contribution in [3.63, 3.8) is 0 Å². The molecular formula is C27H31ClN4O3S. The van der Waals surface area contributed by atoms with Gasteiger partial charge in [0.1, 0.15) is 12.4 Å². The molecule has 0 amide bonds. The Labute approximate surface area is 218 Å². The van der Waals surface area contributed by atoms with E-state index in [2.05, 4.69) is 36.0 Å². The van der Waals surface area contributed by atoms with Crippen LogP contribution >= 0.6 is 11.6 Å². The number of anilines is 1. The van der Waals surface area contributed by atoms with Crippen molar-refractivity contribution in [1.29, 1.82) is 5.26 Å². The molecule has 0 saturated carbocycles. The van der Waals surface area contributed by atoms with Crippen LogP contribution in [0.2, 0.25) is 0 Å². The molecule has 0 fully saturated rings. The Morgan fingerprint density at radius 2 is 1.83 bits per heavy atom. The van der Waals surface area contributed by atoms with Gasteiger partial charge in [-0.2, -0.15) is 5.26 Å². The van der Waals surface area contributed by atoms with Crippen LogP contribution in [-0.2, 0) is 28.5 Å². The number of nitriles is 1. The van der Waals surface area contributed by atoms with Crippen molar-refractivity contribution in [3.05, 3.63) is 82.2 Å². The van der Waals surface area contributed by atoms with E-state index in [-0.39, 0.29) is 18.0 Å². The van der Waals surface area contributed by atoms with E-state index in [1.165, 1.54) is 13.2 Å². The zero-order valence-electron chi connectivity index (χ0n) is 21.2. The van der Waals surface area contributed by atoms with Crippen LogP contribution in [0.3, 0.4) is 0 Å². The molecule has 1 aromatic heterocycles. The fourth-order valence-corrected chi connectivity index (χ4v) is 4.43. The smallest absolute Gasteiger partial charge is 0.239 e. The number of hydrogen-bond acceptors (Lipinski definition) is 6. The predicted molar refractivity (Wildman–Crippen MR) is 143 cm³/mol. The molecule has 0 N–H and O–H groups in total. The van der Waals surface area contributed by atoms with Gasteiger partial charge in [-0.3, -0.25) is 0 Å². The van der Waals surface area contributed by atoms with Crippen LogP contribution in [0, 0.1) is 18.3 Å². The van der Waals surface area contributed by atoms with E-state index in [4.69, 9.17) is 16.3 Å². The molecular weight excluding hydrogens is 496 g/mol. The second-order valence-electron chi connectivity index (χ2n) is 9.24. The fourth-order valence-electron chi connectivity index (χ4n) is 3.91. The van der Waals surface area contributed by atoms with Gasteiger partial charge in [-0.15, -0.1) is 11.6 Å². The van der Waals surface area contributed by atoms with Crippen molar-refractivity contribution < 1.29 is 13.2 Å². The van der Waals surface area contributed by atoms with Crippen molar-refractivity contribution in [2.24, 2.45) is 0 Å². The summed E-state index contributed by atoms with van der Waals surface area (Å²) >= 11 is 5.87. The lowest BCUT2D eigenvalue weighted by molar-refractivity contribution is 0.301. The number of aromatic nitrogens is 2. The SMILES string of the molecule is Cc1cc(C(C)(C)c2ccc(OCc3ccnc(N(C)S(C)(=O)=O)n3)cc2)cc(C#N)c1CCCCl. The summed E-state index contributed by atoms with van der Waals surface area (Å²) in [4.78, 5) is 8.30. The Morgan fingerprint density at radius 3 is 2.44 bits per heavy atom. The van der Waals surface area contributed by atoms with E-state index < -0.39 is 10.0 Å². The summed E-state index contributed by atoms with van der Waals surface area (Å²) in [5.41, 5.74) is 5.28. The van der Waals surface area contributed by atoms with Crippen LogP contribution in [0.15, 0.2) is 48.7 Å². The predicted octanol–water partition coefficient (Wildman–Crippen LogP) is 5.13. The summed E-state index contributed by atoms with van der Waals surface area (Å²) in [5, 5.41) is 9.74. The van der Waals surface area contributed by atoms with Gasteiger partial charge in [-0.1, -0.05) is 32.0 Å². The quantitative estimate of drug-likeness (QED) is 0.340. The Bertz CT molecular complexity index is 1370. The molecule has 0 atom stereocenters. The lowest BCUT2D eigenvalue weighted by Gasteiger charge is -2.28. The van der Waals surface area contributed by atoms with E-state index in [1.807, 2.05) is 37.3 Å². The summed E-state index contributed by atoms with van der Waals surface area (Å²) < 4.78 is 30.4. The molecule has 0 saturated heterocycles. The highest BCUT2D eigenvalue weighted by molar-refractivity contribution is 7.92. The molecule has 3 rings (SSSR count). The normalized spacial score (nSPS) is 11.7. The maximum atomic E-state index is 11.7. The van der Waals surface area contributed by atoms with Gasteiger partial charge in [0.2, 0.25) is 16.0 Å². The van der Waals surface area contributed by atoms with Gasteiger partial charge < -0.3 is 4.74 Å². The van der Waals surface area contributed by atoms with E-state index >= 15 is 0 Å². The molecule has 0 bridgehead atoms. The van der Waals surface area contributed by atoms with Crippen LogP contribution in [0.1, 0.15) is 53.8 Å². The van der Waals surface area contributed by atoms with Crippen molar-refractivity contribution in [1.82, 2.24) is 9.97 Å². The van der Waals surface area contributed by atoms with Gasteiger partial charge in [0.05, 0.1) is 23.6 Å². The molecule has 0 spiro atoms. The van der Waals surface area contributed by atoms with Gasteiger partial charge in [0.25, 0.3) is 0 Å². The van der Waals surface area contributed by atoms with E-state index in [1.54, 1.807) is 6.07 Å². The van der Waals surface area contributed by atoms with E-state index in [9.17, 15) is 13.7 Å². The van der Waals surface area contributed by atoms with Crippen molar-refractivity contribution >= 4 is 27.6 Å². The lowest BCUT2D eigenvalue weighted by atomic mass is 9.76. The number of alkyl halides is 1. The molecule has 0 radical (unpaired) electrons. The molecule has 0 aliphatic rings. The summed E-state index contributed by atoms with van der Waals surface area (Å²) in [6, 6.07) is 16.0. The van der Waals surface area contributed by atoms with Gasteiger partial charge in [-0.25, -0.2) is 22.7 Å². The average Bonchev–Trinajstić information content (AvgIpc) is 2.85. The monoisotopic (exact) mass is 526 g/mol. The summed E-state index contributed by atoms with van der Waals surface area (Å²) in [7, 11) is -2.04. The number of aryl methyl sites for hydroxylation is 1. The molecule has 0 unspecified atom stereocenters. The zero-order valence-corrected chi connectivity index (χ0v) is 22.8. The Balaban J connectivity index is 1.76. The number of sulfonamides is 1. The maximum Gasteiger partial charge on any atom is 0.239 e. The first kappa shape index (κ1) is 27.4. The third-order valence-corrected chi connectivity index (χ3v) is 7.74. The molecule has 1 heterocycles. The first-order valence-electron chi connectivity index (χ1n) is 11.6. The molecule has 9 heteroatoms. The second kappa shape index (κ2) is 11.3. The van der Waals surface area contributed by atoms with Crippen LogP contribution < -0.4 is 9.04 Å². The standard InChI is InChI=1S/C27H31ClN4O3S/c1-19-15-22(16-20(17-29)25(19)7-6-13-28)27(2,3)21-8-10-24(11-9-21)35-18-23-12-14-30-26(31-23)32(4)36(5,33)34/h8-12,14-16H,6-7,13,18H2,1-5H3. The maximum absolute atomic E-state index is 11.7. The molecule has 0 aliphatic heterocycles. The molecule has 36 heavy (non-hydrogen) atoms. The number of nitrogens with zero attached hydrogens (tertiary/aromatic N) is 4. The second-order valence-corrected chi connectivity index (χ2v) is 11.6. The minimum absolute atomic E-state index is 0.0939. The number of rotatable bonds is 10. The number of hydrogen-bond donors (Lipinski definition) is 0. The van der Waals surface area contributed by atoms with Gasteiger partial charge >= 0.3 is 0 Å². The van der Waals surface area contributed by atoms with Crippen molar-refractivity contribution in [2.75, 3.05) is 23.5 Å². The van der Waals surface area contributed by atoms with Gasteiger partial charge in [0.15, 0.2) is 0 Å². The highest BCUT2D eigenvalue weighted by Gasteiger charge is 2.25. The third-order valence-electron chi connectivity index (χ3n) is 6.32. The van der Waals surface area contributed by atoms with Crippen LogP contribution in [0.25, 0.3) is 0 Å². The molecule has 3 aromatic rings. The summed E-state index contributed by atoms with van der Waals surface area (Å²) in [6.45, 7) is 6.49. The highest BCUT2D eigenvalue weighted by atomic mass is 35.5. The van der Waals surface area contributed by atoms with Crippen LogP contribution in [0.5, 0.6) is 5.75 Å². The largest absolute Gasteiger partial charge is 0.487 e. The topological polar surface area (TPSA) is 96.2 Å².